The molecular weight excluding hydrogens is 363 g/mol. The summed E-state index contributed by atoms with van der Waals surface area (Å²) in [5, 5.41) is 4.12. The summed E-state index contributed by atoms with van der Waals surface area (Å²) in [7, 11) is 1.54. The van der Waals surface area contributed by atoms with E-state index >= 15 is 0 Å². The largest absolute Gasteiger partial charge is 0.461 e. The minimum absolute atomic E-state index is 0.0815. The summed E-state index contributed by atoms with van der Waals surface area (Å²) in [5.41, 5.74) is -0.796. The molecule has 8 heteroatoms. The highest BCUT2D eigenvalue weighted by atomic mass is 35.5. The van der Waals surface area contributed by atoms with Crippen molar-refractivity contribution in [1.29, 1.82) is 0 Å². The van der Waals surface area contributed by atoms with Gasteiger partial charge in [-0.2, -0.15) is 13.2 Å². The van der Waals surface area contributed by atoms with Crippen molar-refractivity contribution < 1.29 is 22.7 Å². The fourth-order valence-corrected chi connectivity index (χ4v) is 3.43. The van der Waals surface area contributed by atoms with Gasteiger partial charge in [-0.05, 0) is 29.1 Å². The van der Waals surface area contributed by atoms with Crippen LogP contribution in [-0.4, -0.2) is 12.8 Å². The maximum Gasteiger partial charge on any atom is 0.417 e. The molecule has 1 aliphatic rings. The highest BCUT2D eigenvalue weighted by Gasteiger charge is 2.39. The van der Waals surface area contributed by atoms with Crippen LogP contribution < -0.4 is 5.32 Å². The van der Waals surface area contributed by atoms with Crippen LogP contribution in [0.3, 0.4) is 0 Å². The van der Waals surface area contributed by atoms with Crippen LogP contribution in [0.1, 0.15) is 22.1 Å². The zero-order valence-corrected chi connectivity index (χ0v) is 13.9. The predicted octanol–water partition coefficient (Wildman–Crippen LogP) is 4.65. The molecule has 3 nitrogen and oxygen atoms in total. The summed E-state index contributed by atoms with van der Waals surface area (Å²) in [6, 6.07) is 6.89. The van der Waals surface area contributed by atoms with Crippen molar-refractivity contribution in [2.24, 2.45) is 0 Å². The number of alkyl halides is 3. The van der Waals surface area contributed by atoms with Gasteiger partial charge >= 0.3 is 6.18 Å². The molecule has 2 aromatic rings. The number of ketones is 1. The quantitative estimate of drug-likeness (QED) is 0.851. The fraction of sp³-hybridized carbons (Fsp3) is 0.188. The molecule has 0 radical (unpaired) electrons. The molecule has 3 rings (SSSR count). The number of nitrogens with one attached hydrogen (secondary N) is 1. The lowest BCUT2D eigenvalue weighted by atomic mass is 9.98. The van der Waals surface area contributed by atoms with Gasteiger partial charge in [-0.3, -0.25) is 4.79 Å². The van der Waals surface area contributed by atoms with E-state index in [0.29, 0.717) is 4.88 Å². The number of ether oxygens (including phenoxy) is 1. The summed E-state index contributed by atoms with van der Waals surface area (Å²) in [6.45, 7) is 0. The second-order valence-electron chi connectivity index (χ2n) is 5.02. The lowest BCUT2D eigenvalue weighted by Gasteiger charge is -2.11. The maximum atomic E-state index is 13.1. The van der Waals surface area contributed by atoms with Gasteiger partial charge in [0.2, 0.25) is 5.78 Å². The molecular formula is C16H11ClF3NO2S. The van der Waals surface area contributed by atoms with E-state index in [4.69, 9.17) is 16.3 Å². The standard InChI is InChI=1S/C16H11ClF3NO2S/c1-21-15-12(13(22)14(23-15)11-3-2-6-24-11)8-4-5-10(17)9(7-8)16(18,19)20/h2-7,14,21H,1H3. The summed E-state index contributed by atoms with van der Waals surface area (Å²) in [4.78, 5) is 13.4. The Bertz CT molecular complexity index is 815. The van der Waals surface area contributed by atoms with Crippen molar-refractivity contribution >= 4 is 34.3 Å². The van der Waals surface area contributed by atoms with Gasteiger partial charge in [0.05, 0.1) is 21.0 Å². The first-order valence-corrected chi connectivity index (χ1v) is 8.12. The summed E-state index contributed by atoms with van der Waals surface area (Å²) in [6.07, 6.45) is -5.46. The molecule has 0 aliphatic carbocycles. The van der Waals surface area contributed by atoms with Gasteiger partial charge in [-0.1, -0.05) is 23.7 Å². The first kappa shape index (κ1) is 16.9. The average Bonchev–Trinajstić information content (AvgIpc) is 3.14. The normalized spacial score (nSPS) is 18.0. The molecule has 0 fully saturated rings. The lowest BCUT2D eigenvalue weighted by molar-refractivity contribution is -0.137. The van der Waals surface area contributed by atoms with E-state index < -0.39 is 28.6 Å². The molecule has 1 aromatic carbocycles. The van der Waals surface area contributed by atoms with Crippen molar-refractivity contribution in [2.45, 2.75) is 12.3 Å². The van der Waals surface area contributed by atoms with E-state index in [1.165, 1.54) is 17.4 Å². The van der Waals surface area contributed by atoms with E-state index in [1.54, 1.807) is 24.6 Å². The number of halogens is 4. The second kappa shape index (κ2) is 6.14. The van der Waals surface area contributed by atoms with Crippen LogP contribution in [0.15, 0.2) is 41.6 Å². The van der Waals surface area contributed by atoms with Gasteiger partial charge in [0.15, 0.2) is 12.0 Å². The van der Waals surface area contributed by atoms with Gasteiger partial charge in [0.25, 0.3) is 0 Å². The van der Waals surface area contributed by atoms with Gasteiger partial charge in [0.1, 0.15) is 0 Å². The van der Waals surface area contributed by atoms with Crippen molar-refractivity contribution in [2.75, 3.05) is 7.05 Å². The van der Waals surface area contributed by atoms with Crippen molar-refractivity contribution in [3.05, 3.63) is 62.6 Å². The van der Waals surface area contributed by atoms with Crippen molar-refractivity contribution in [1.82, 2.24) is 5.32 Å². The first-order valence-electron chi connectivity index (χ1n) is 6.86. The second-order valence-corrected chi connectivity index (χ2v) is 6.41. The monoisotopic (exact) mass is 373 g/mol. The van der Waals surface area contributed by atoms with E-state index in [0.717, 1.165) is 12.1 Å². The van der Waals surface area contributed by atoms with E-state index in [-0.39, 0.29) is 17.0 Å². The predicted molar refractivity (Wildman–Crippen MR) is 85.6 cm³/mol. The van der Waals surface area contributed by atoms with Gasteiger partial charge in [0, 0.05) is 7.05 Å². The van der Waals surface area contributed by atoms with Crippen molar-refractivity contribution in [3.63, 3.8) is 0 Å². The molecule has 1 atom stereocenters. The molecule has 0 amide bonds. The van der Waals surface area contributed by atoms with Crippen LogP contribution in [0, 0.1) is 0 Å². The number of hydrogen-bond donors (Lipinski definition) is 1. The molecule has 1 unspecified atom stereocenters. The molecule has 126 valence electrons. The molecule has 2 heterocycles. The van der Waals surface area contributed by atoms with Gasteiger partial charge < -0.3 is 10.1 Å². The van der Waals surface area contributed by atoms with Crippen LogP contribution in [0.2, 0.25) is 5.02 Å². The summed E-state index contributed by atoms with van der Waals surface area (Å²) >= 11 is 6.98. The number of carbonyl (C=O) groups excluding carboxylic acids is 1. The molecule has 1 aromatic heterocycles. The van der Waals surface area contributed by atoms with Crippen LogP contribution in [-0.2, 0) is 15.7 Å². The highest BCUT2D eigenvalue weighted by molar-refractivity contribution is 7.10. The number of rotatable bonds is 3. The Kier molecular flexibility index (Phi) is 4.31. The Labute approximate surface area is 144 Å². The Morgan fingerprint density at radius 3 is 2.62 bits per heavy atom. The van der Waals surface area contributed by atoms with E-state index in [1.807, 2.05) is 0 Å². The molecule has 1 N–H and O–H groups in total. The zero-order valence-electron chi connectivity index (χ0n) is 12.3. The van der Waals surface area contributed by atoms with E-state index in [2.05, 4.69) is 5.32 Å². The Morgan fingerprint density at radius 1 is 1.29 bits per heavy atom. The molecule has 1 aliphatic heterocycles. The Hall–Kier alpha value is -1.99. The Morgan fingerprint density at radius 2 is 2.04 bits per heavy atom. The summed E-state index contributed by atoms with van der Waals surface area (Å²) < 4.78 is 44.8. The smallest absolute Gasteiger partial charge is 0.417 e. The molecule has 0 saturated heterocycles. The van der Waals surface area contributed by atoms with Crippen LogP contribution in [0.4, 0.5) is 13.2 Å². The number of carbonyl (C=O) groups is 1. The number of Topliss-reactive ketones (excluding diaryl/α,β-unsaturated/α-hetero) is 1. The Balaban J connectivity index is 2.06. The third-order valence-electron chi connectivity index (χ3n) is 3.54. The molecule has 0 bridgehead atoms. The van der Waals surface area contributed by atoms with Crippen LogP contribution in [0.25, 0.3) is 5.57 Å². The fourth-order valence-electron chi connectivity index (χ4n) is 2.46. The molecule has 24 heavy (non-hydrogen) atoms. The number of benzene rings is 1. The SMILES string of the molecule is CNC1=C(c2ccc(Cl)c(C(F)(F)F)c2)C(=O)C(c2cccs2)O1. The minimum Gasteiger partial charge on any atom is -0.461 e. The average molecular weight is 374 g/mol. The highest BCUT2D eigenvalue weighted by Crippen LogP contribution is 2.41. The lowest BCUT2D eigenvalue weighted by Crippen LogP contribution is -2.10. The zero-order chi connectivity index (χ0) is 17.5. The van der Waals surface area contributed by atoms with E-state index in [9.17, 15) is 18.0 Å². The first-order chi connectivity index (χ1) is 11.3. The topological polar surface area (TPSA) is 38.3 Å². The summed E-state index contributed by atoms with van der Waals surface area (Å²) in [5.74, 6) is -0.244. The third-order valence-corrected chi connectivity index (χ3v) is 4.78. The third kappa shape index (κ3) is 2.89. The number of thiophene rings is 1. The molecule has 0 spiro atoms. The van der Waals surface area contributed by atoms with Gasteiger partial charge in [-0.25, -0.2) is 0 Å². The van der Waals surface area contributed by atoms with Crippen LogP contribution >= 0.6 is 22.9 Å². The van der Waals surface area contributed by atoms with Crippen molar-refractivity contribution in [3.8, 4) is 0 Å². The van der Waals surface area contributed by atoms with Gasteiger partial charge in [-0.15, -0.1) is 11.3 Å². The minimum atomic E-state index is -4.61. The maximum absolute atomic E-state index is 13.1. The molecule has 0 saturated carbocycles. The number of hydrogen-bond acceptors (Lipinski definition) is 4. The van der Waals surface area contributed by atoms with Crippen LogP contribution in [0.5, 0.6) is 0 Å².